The van der Waals surface area contributed by atoms with Gasteiger partial charge in [-0.3, -0.25) is 4.90 Å². The number of rotatable bonds is 8. The van der Waals surface area contributed by atoms with Gasteiger partial charge in [0.25, 0.3) is 0 Å². The highest BCUT2D eigenvalue weighted by molar-refractivity contribution is 5.33. The summed E-state index contributed by atoms with van der Waals surface area (Å²) in [4.78, 5) is 2.40. The first-order valence-corrected chi connectivity index (χ1v) is 7.17. The second-order valence-electron chi connectivity index (χ2n) is 5.21. The molecule has 2 unspecified atom stereocenters. The van der Waals surface area contributed by atoms with E-state index in [0.717, 1.165) is 25.1 Å². The molecule has 0 radical (unpaired) electrons. The zero-order chi connectivity index (χ0) is 14.3. The third-order valence-electron chi connectivity index (χ3n) is 3.87. The Morgan fingerprint density at radius 2 is 2.00 bits per heavy atom. The predicted octanol–water partition coefficient (Wildman–Crippen LogP) is 2.69. The summed E-state index contributed by atoms with van der Waals surface area (Å²) < 4.78 is 5.42. The number of hydrogen-bond acceptors (Lipinski definition) is 3. The molecule has 1 aromatic rings. The van der Waals surface area contributed by atoms with E-state index in [1.54, 1.807) is 7.11 Å². The molecule has 108 valence electrons. The average Bonchev–Trinajstić information content (AvgIpc) is 2.44. The molecule has 0 bridgehead atoms. The van der Waals surface area contributed by atoms with Gasteiger partial charge in [-0.2, -0.15) is 0 Å². The average molecular weight is 264 g/mol. The molecule has 2 N–H and O–H groups in total. The van der Waals surface area contributed by atoms with Crippen LogP contribution in [0.4, 0.5) is 0 Å². The Balaban J connectivity index is 2.69. The minimum absolute atomic E-state index is 0.455. The van der Waals surface area contributed by atoms with Crippen LogP contribution in [0.25, 0.3) is 0 Å². The maximum absolute atomic E-state index is 5.88. The molecule has 0 aliphatic rings. The lowest BCUT2D eigenvalue weighted by Crippen LogP contribution is -2.43. The molecule has 2 atom stereocenters. The number of methoxy groups -OCH3 is 1. The van der Waals surface area contributed by atoms with E-state index in [2.05, 4.69) is 37.9 Å². The number of ether oxygens (including phenoxy) is 1. The quantitative estimate of drug-likeness (QED) is 0.784. The molecular weight excluding hydrogens is 236 g/mol. The predicted molar refractivity (Wildman–Crippen MR) is 81.7 cm³/mol. The molecule has 0 heterocycles. The fourth-order valence-electron chi connectivity index (χ4n) is 2.51. The Kier molecular flexibility index (Phi) is 6.89. The highest BCUT2D eigenvalue weighted by atomic mass is 16.5. The summed E-state index contributed by atoms with van der Waals surface area (Å²) in [5.41, 5.74) is 7.14. The van der Waals surface area contributed by atoms with Crippen molar-refractivity contribution in [3.63, 3.8) is 0 Å². The Morgan fingerprint density at radius 3 is 2.58 bits per heavy atom. The van der Waals surface area contributed by atoms with Gasteiger partial charge in [-0.25, -0.2) is 0 Å². The first-order chi connectivity index (χ1) is 9.13. The molecule has 3 nitrogen and oxygen atoms in total. The van der Waals surface area contributed by atoms with E-state index < -0.39 is 0 Å². The highest BCUT2D eigenvalue weighted by Crippen LogP contribution is 2.21. The van der Waals surface area contributed by atoms with Crippen LogP contribution in [-0.4, -0.2) is 37.7 Å². The van der Waals surface area contributed by atoms with Crippen LogP contribution < -0.4 is 10.5 Å². The lowest BCUT2D eigenvalue weighted by atomic mass is 10.0. The SMILES string of the molecule is CCCC(CN)N(C)C(C)Cc1ccccc1OC. The van der Waals surface area contributed by atoms with Crippen LogP contribution in [-0.2, 0) is 6.42 Å². The van der Waals surface area contributed by atoms with E-state index in [4.69, 9.17) is 10.5 Å². The van der Waals surface area contributed by atoms with Crippen molar-refractivity contribution in [1.29, 1.82) is 0 Å². The molecule has 0 spiro atoms. The molecule has 3 heteroatoms. The molecule has 0 saturated carbocycles. The van der Waals surface area contributed by atoms with Gasteiger partial charge in [0, 0.05) is 18.6 Å². The number of likely N-dealkylation sites (N-methyl/N-ethyl adjacent to an activating group) is 1. The molecule has 1 rings (SSSR count). The topological polar surface area (TPSA) is 38.5 Å². The van der Waals surface area contributed by atoms with Gasteiger partial charge in [0.15, 0.2) is 0 Å². The van der Waals surface area contributed by atoms with Crippen molar-refractivity contribution in [2.45, 2.75) is 45.2 Å². The second-order valence-corrected chi connectivity index (χ2v) is 5.21. The van der Waals surface area contributed by atoms with Crippen molar-refractivity contribution in [2.24, 2.45) is 5.73 Å². The Morgan fingerprint density at radius 1 is 1.32 bits per heavy atom. The van der Waals surface area contributed by atoms with Gasteiger partial charge in [0.2, 0.25) is 0 Å². The van der Waals surface area contributed by atoms with Gasteiger partial charge in [0.1, 0.15) is 5.75 Å². The lowest BCUT2D eigenvalue weighted by molar-refractivity contribution is 0.176. The minimum atomic E-state index is 0.455. The summed E-state index contributed by atoms with van der Waals surface area (Å²) in [6, 6.07) is 9.16. The molecule has 0 aromatic heterocycles. The third kappa shape index (κ3) is 4.51. The second kappa shape index (κ2) is 8.18. The molecule has 19 heavy (non-hydrogen) atoms. The van der Waals surface area contributed by atoms with Gasteiger partial charge in [-0.05, 0) is 38.4 Å². The van der Waals surface area contributed by atoms with Crippen molar-refractivity contribution >= 4 is 0 Å². The zero-order valence-electron chi connectivity index (χ0n) is 12.7. The third-order valence-corrected chi connectivity index (χ3v) is 3.87. The van der Waals surface area contributed by atoms with Crippen molar-refractivity contribution in [2.75, 3.05) is 20.7 Å². The van der Waals surface area contributed by atoms with Crippen LogP contribution in [0.5, 0.6) is 5.75 Å². The Bertz CT molecular complexity index is 368. The van der Waals surface area contributed by atoms with Gasteiger partial charge in [-0.15, -0.1) is 0 Å². The summed E-state index contributed by atoms with van der Waals surface area (Å²) in [7, 11) is 3.90. The number of benzene rings is 1. The maximum atomic E-state index is 5.88. The normalized spacial score (nSPS) is 14.4. The van der Waals surface area contributed by atoms with E-state index in [0.29, 0.717) is 12.1 Å². The first kappa shape index (κ1) is 16.0. The van der Waals surface area contributed by atoms with Crippen molar-refractivity contribution < 1.29 is 4.74 Å². The van der Waals surface area contributed by atoms with Gasteiger partial charge in [-0.1, -0.05) is 31.5 Å². The smallest absolute Gasteiger partial charge is 0.122 e. The van der Waals surface area contributed by atoms with Crippen molar-refractivity contribution in [3.05, 3.63) is 29.8 Å². The number of nitrogens with two attached hydrogens (primary N) is 1. The fourth-order valence-corrected chi connectivity index (χ4v) is 2.51. The van der Waals surface area contributed by atoms with Gasteiger partial charge < -0.3 is 10.5 Å². The number of hydrogen-bond donors (Lipinski definition) is 1. The largest absolute Gasteiger partial charge is 0.496 e. The molecule has 1 aromatic carbocycles. The molecular formula is C16H28N2O. The first-order valence-electron chi connectivity index (χ1n) is 7.17. The summed E-state index contributed by atoms with van der Waals surface area (Å²) >= 11 is 0. The summed E-state index contributed by atoms with van der Waals surface area (Å²) in [5.74, 6) is 0.975. The van der Waals surface area contributed by atoms with Crippen LogP contribution >= 0.6 is 0 Å². The Hall–Kier alpha value is -1.06. The van der Waals surface area contributed by atoms with Crippen LogP contribution in [0.2, 0.25) is 0 Å². The standard InChI is InChI=1S/C16H28N2O/c1-5-8-15(12-17)18(3)13(2)11-14-9-6-7-10-16(14)19-4/h6-7,9-10,13,15H,5,8,11-12,17H2,1-4H3. The fraction of sp³-hybridized carbons (Fsp3) is 0.625. The van der Waals surface area contributed by atoms with E-state index in [-0.39, 0.29) is 0 Å². The van der Waals surface area contributed by atoms with Crippen LogP contribution in [0.3, 0.4) is 0 Å². The Labute approximate surface area is 117 Å². The molecule has 0 aliphatic heterocycles. The molecule has 0 fully saturated rings. The minimum Gasteiger partial charge on any atom is -0.496 e. The lowest BCUT2D eigenvalue weighted by Gasteiger charge is -2.32. The van der Waals surface area contributed by atoms with Crippen molar-refractivity contribution in [1.82, 2.24) is 4.90 Å². The monoisotopic (exact) mass is 264 g/mol. The molecule has 0 aliphatic carbocycles. The van der Waals surface area contributed by atoms with Crippen LogP contribution in [0.15, 0.2) is 24.3 Å². The van der Waals surface area contributed by atoms with Crippen LogP contribution in [0, 0.1) is 0 Å². The summed E-state index contributed by atoms with van der Waals surface area (Å²) in [6.45, 7) is 5.19. The van der Waals surface area contributed by atoms with Crippen molar-refractivity contribution in [3.8, 4) is 5.75 Å². The van der Waals surface area contributed by atoms with Gasteiger partial charge >= 0.3 is 0 Å². The molecule has 0 amide bonds. The highest BCUT2D eigenvalue weighted by Gasteiger charge is 2.19. The van der Waals surface area contributed by atoms with E-state index in [1.165, 1.54) is 12.0 Å². The maximum Gasteiger partial charge on any atom is 0.122 e. The number of para-hydroxylation sites is 1. The number of nitrogens with zero attached hydrogens (tertiary/aromatic N) is 1. The van der Waals surface area contributed by atoms with E-state index in [9.17, 15) is 0 Å². The summed E-state index contributed by atoms with van der Waals surface area (Å²) in [6.07, 6.45) is 3.32. The summed E-state index contributed by atoms with van der Waals surface area (Å²) in [5, 5.41) is 0. The zero-order valence-corrected chi connectivity index (χ0v) is 12.7. The van der Waals surface area contributed by atoms with E-state index >= 15 is 0 Å². The van der Waals surface area contributed by atoms with Gasteiger partial charge in [0.05, 0.1) is 7.11 Å². The van der Waals surface area contributed by atoms with Crippen LogP contribution in [0.1, 0.15) is 32.3 Å². The van der Waals surface area contributed by atoms with E-state index in [1.807, 2.05) is 12.1 Å². The molecule has 0 saturated heterocycles.